The number of anilines is 1. The van der Waals surface area contributed by atoms with E-state index in [1.165, 1.54) is 0 Å². The molecule has 1 aliphatic rings. The molecule has 0 saturated heterocycles. The van der Waals surface area contributed by atoms with Gasteiger partial charge in [-0.3, -0.25) is 14.4 Å². The van der Waals surface area contributed by atoms with Gasteiger partial charge in [0.25, 0.3) is 5.91 Å². The number of nitrogens with zero attached hydrogens (tertiary/aromatic N) is 3. The van der Waals surface area contributed by atoms with Crippen molar-refractivity contribution in [3.05, 3.63) is 76.9 Å². The molecule has 0 radical (unpaired) electrons. The van der Waals surface area contributed by atoms with E-state index in [4.69, 9.17) is 22.9 Å². The molecule has 0 bridgehead atoms. The Bertz CT molecular complexity index is 1150. The van der Waals surface area contributed by atoms with E-state index in [2.05, 4.69) is 10.9 Å². The topological polar surface area (TPSA) is 99.3 Å². The first kappa shape index (κ1) is 16.6. The molecule has 0 spiro atoms. The molecule has 1 unspecified atom stereocenters. The SMILES string of the molecule is C#Cc1ccc2c(c1)C(c1ccccc1N)=NC(C)c1c(C(N)=O)ncn1-2. The summed E-state index contributed by atoms with van der Waals surface area (Å²) >= 11 is 0. The Labute approximate surface area is 156 Å². The average Bonchev–Trinajstić information content (AvgIpc) is 3.07. The van der Waals surface area contributed by atoms with Crippen molar-refractivity contribution in [1.29, 1.82) is 0 Å². The summed E-state index contributed by atoms with van der Waals surface area (Å²) in [6.45, 7) is 1.90. The van der Waals surface area contributed by atoms with Gasteiger partial charge in [-0.25, -0.2) is 4.98 Å². The van der Waals surface area contributed by atoms with E-state index in [9.17, 15) is 4.79 Å². The predicted molar refractivity (Wildman–Crippen MR) is 105 cm³/mol. The molecule has 4 N–H and O–H groups in total. The molecule has 3 aromatic rings. The fraction of sp³-hybridized carbons (Fsp3) is 0.0952. The quantitative estimate of drug-likeness (QED) is 0.545. The van der Waals surface area contributed by atoms with Crippen LogP contribution in [0, 0.1) is 12.3 Å². The van der Waals surface area contributed by atoms with Crippen LogP contribution < -0.4 is 11.5 Å². The summed E-state index contributed by atoms with van der Waals surface area (Å²) in [5, 5.41) is 0. The molecule has 1 aliphatic heterocycles. The summed E-state index contributed by atoms with van der Waals surface area (Å²) < 4.78 is 1.84. The lowest BCUT2D eigenvalue weighted by molar-refractivity contribution is 0.0994. The molecule has 6 heteroatoms. The Morgan fingerprint density at radius 1 is 1.22 bits per heavy atom. The van der Waals surface area contributed by atoms with Gasteiger partial charge in [0.15, 0.2) is 5.69 Å². The highest BCUT2D eigenvalue weighted by Gasteiger charge is 2.28. The third kappa shape index (κ3) is 2.57. The van der Waals surface area contributed by atoms with Crippen LogP contribution in [0.3, 0.4) is 0 Å². The Balaban J connectivity index is 2.08. The van der Waals surface area contributed by atoms with Crippen LogP contribution in [0.5, 0.6) is 0 Å². The van der Waals surface area contributed by atoms with Gasteiger partial charge in [-0.15, -0.1) is 6.42 Å². The van der Waals surface area contributed by atoms with Gasteiger partial charge < -0.3 is 11.5 Å². The van der Waals surface area contributed by atoms with Crippen LogP contribution in [0.15, 0.2) is 53.8 Å². The zero-order chi connectivity index (χ0) is 19.1. The van der Waals surface area contributed by atoms with Crippen molar-refractivity contribution in [2.45, 2.75) is 13.0 Å². The smallest absolute Gasteiger partial charge is 0.269 e. The summed E-state index contributed by atoms with van der Waals surface area (Å²) in [7, 11) is 0. The fourth-order valence-corrected chi connectivity index (χ4v) is 3.42. The summed E-state index contributed by atoms with van der Waals surface area (Å²) in [5.74, 6) is 2.07. The van der Waals surface area contributed by atoms with Crippen LogP contribution in [0.25, 0.3) is 5.69 Å². The van der Waals surface area contributed by atoms with E-state index in [0.717, 1.165) is 22.4 Å². The molecule has 1 aromatic heterocycles. The molecule has 1 amide bonds. The molecule has 2 aromatic carbocycles. The molecular weight excluding hydrogens is 338 g/mol. The molecule has 27 heavy (non-hydrogen) atoms. The van der Waals surface area contributed by atoms with Crippen molar-refractivity contribution in [3.63, 3.8) is 0 Å². The van der Waals surface area contributed by atoms with Crippen molar-refractivity contribution >= 4 is 17.3 Å². The average molecular weight is 355 g/mol. The first-order valence-corrected chi connectivity index (χ1v) is 8.42. The van der Waals surface area contributed by atoms with E-state index >= 15 is 0 Å². The number of carbonyl (C=O) groups is 1. The number of para-hydroxylation sites is 1. The maximum Gasteiger partial charge on any atom is 0.269 e. The number of aliphatic imine (C=N–C) groups is 1. The number of benzene rings is 2. The summed E-state index contributed by atoms with van der Waals surface area (Å²) in [4.78, 5) is 20.9. The zero-order valence-corrected chi connectivity index (χ0v) is 14.7. The van der Waals surface area contributed by atoms with Gasteiger partial charge in [0.1, 0.15) is 6.33 Å². The van der Waals surface area contributed by atoms with Gasteiger partial charge >= 0.3 is 0 Å². The van der Waals surface area contributed by atoms with Gasteiger partial charge in [0.05, 0.1) is 23.1 Å². The largest absolute Gasteiger partial charge is 0.398 e. The van der Waals surface area contributed by atoms with Crippen LogP contribution >= 0.6 is 0 Å². The number of aromatic nitrogens is 2. The molecule has 2 heterocycles. The third-order valence-electron chi connectivity index (χ3n) is 4.65. The molecule has 0 aliphatic carbocycles. The number of nitrogens with two attached hydrogens (primary N) is 2. The van der Waals surface area contributed by atoms with Crippen LogP contribution in [-0.2, 0) is 0 Å². The summed E-state index contributed by atoms with van der Waals surface area (Å²) in [6, 6.07) is 12.8. The molecule has 0 fully saturated rings. The number of hydrogen-bond donors (Lipinski definition) is 2. The number of hydrogen-bond acceptors (Lipinski definition) is 4. The number of terminal acetylenes is 1. The Morgan fingerprint density at radius 2 is 2.00 bits per heavy atom. The van der Waals surface area contributed by atoms with Gasteiger partial charge in [0, 0.05) is 22.4 Å². The second-order valence-corrected chi connectivity index (χ2v) is 6.33. The summed E-state index contributed by atoms with van der Waals surface area (Å²) in [5.41, 5.74) is 17.1. The number of amides is 1. The monoisotopic (exact) mass is 355 g/mol. The molecule has 132 valence electrons. The van der Waals surface area contributed by atoms with Crippen molar-refractivity contribution in [2.24, 2.45) is 10.7 Å². The first-order valence-electron chi connectivity index (χ1n) is 8.42. The normalized spacial score (nSPS) is 15.1. The highest BCUT2D eigenvalue weighted by Crippen LogP contribution is 2.33. The van der Waals surface area contributed by atoms with E-state index in [1.807, 2.05) is 54.0 Å². The minimum absolute atomic E-state index is 0.209. The molecule has 4 rings (SSSR count). The number of carbonyl (C=O) groups excluding carboxylic acids is 1. The number of primary amides is 1. The van der Waals surface area contributed by atoms with Crippen LogP contribution in [0.4, 0.5) is 5.69 Å². The number of rotatable bonds is 2. The minimum Gasteiger partial charge on any atom is -0.398 e. The molecule has 6 nitrogen and oxygen atoms in total. The maximum absolute atomic E-state index is 11.9. The van der Waals surface area contributed by atoms with Crippen LogP contribution in [0.1, 0.15) is 45.8 Å². The lowest BCUT2D eigenvalue weighted by atomic mass is 9.97. The molecule has 0 saturated carbocycles. The lowest BCUT2D eigenvalue weighted by Crippen LogP contribution is -2.15. The van der Waals surface area contributed by atoms with Gasteiger partial charge in [-0.1, -0.05) is 24.1 Å². The number of nitrogen functional groups attached to an aromatic ring is 1. The van der Waals surface area contributed by atoms with Crippen LogP contribution in [0.2, 0.25) is 0 Å². The highest BCUT2D eigenvalue weighted by atomic mass is 16.1. The van der Waals surface area contributed by atoms with E-state index in [1.54, 1.807) is 6.33 Å². The maximum atomic E-state index is 11.9. The standard InChI is InChI=1S/C21H17N5O/c1-3-13-8-9-17-15(10-13)18(14-6-4-5-7-16(14)22)25-12(2)20-19(21(23)27)24-11-26(17)20/h1,4-12H,22H2,2H3,(H2,23,27). The Morgan fingerprint density at radius 3 is 2.70 bits per heavy atom. The van der Waals surface area contributed by atoms with E-state index < -0.39 is 5.91 Å². The number of fused-ring (bicyclic) bond motifs is 3. The first-order chi connectivity index (χ1) is 13.0. The second kappa shape index (κ2) is 6.15. The predicted octanol–water partition coefficient (Wildman–Crippen LogP) is 2.45. The third-order valence-corrected chi connectivity index (χ3v) is 4.65. The second-order valence-electron chi connectivity index (χ2n) is 6.33. The van der Waals surface area contributed by atoms with Crippen LogP contribution in [-0.4, -0.2) is 21.2 Å². The minimum atomic E-state index is -0.588. The number of imidazole rings is 1. The van der Waals surface area contributed by atoms with Crippen molar-refractivity contribution in [1.82, 2.24) is 9.55 Å². The van der Waals surface area contributed by atoms with E-state index in [0.29, 0.717) is 17.1 Å². The van der Waals surface area contributed by atoms with Crippen molar-refractivity contribution in [3.8, 4) is 18.0 Å². The fourth-order valence-electron chi connectivity index (χ4n) is 3.42. The summed E-state index contributed by atoms with van der Waals surface area (Å²) in [6.07, 6.45) is 7.20. The molecule has 1 atom stereocenters. The Kier molecular flexibility index (Phi) is 3.78. The van der Waals surface area contributed by atoms with E-state index in [-0.39, 0.29) is 11.7 Å². The van der Waals surface area contributed by atoms with Crippen molar-refractivity contribution in [2.75, 3.05) is 5.73 Å². The van der Waals surface area contributed by atoms with Gasteiger partial charge in [-0.05, 0) is 31.2 Å². The van der Waals surface area contributed by atoms with Gasteiger partial charge in [0.2, 0.25) is 0 Å². The van der Waals surface area contributed by atoms with Gasteiger partial charge in [-0.2, -0.15) is 0 Å². The van der Waals surface area contributed by atoms with Crippen molar-refractivity contribution < 1.29 is 4.79 Å². The molecular formula is C21H17N5O. The lowest BCUT2D eigenvalue weighted by Gasteiger charge is -2.13. The Hall–Kier alpha value is -3.85. The highest BCUT2D eigenvalue weighted by molar-refractivity contribution is 6.18. The zero-order valence-electron chi connectivity index (χ0n) is 14.7.